The maximum atomic E-state index is 13.8. The average Bonchev–Trinajstić information content (AvgIpc) is 3.40. The molecule has 0 aromatic heterocycles. The molecule has 0 aliphatic carbocycles. The number of rotatable bonds is 3. The predicted octanol–water partition coefficient (Wildman–Crippen LogP) is 4.30. The highest BCUT2D eigenvalue weighted by Crippen LogP contribution is 2.56. The van der Waals surface area contributed by atoms with Crippen LogP contribution in [0.25, 0.3) is 10.8 Å². The van der Waals surface area contributed by atoms with E-state index in [4.69, 9.17) is 0 Å². The van der Waals surface area contributed by atoms with Crippen molar-refractivity contribution in [3.8, 4) is 0 Å². The number of hydrogen-bond donors (Lipinski definition) is 0. The van der Waals surface area contributed by atoms with Crippen molar-refractivity contribution in [2.45, 2.75) is 16.6 Å². The fraction of sp³-hybridized carbons (Fsp3) is 0.158. The lowest BCUT2D eigenvalue weighted by Crippen LogP contribution is -2.36. The number of halogens is 3. The van der Waals surface area contributed by atoms with E-state index >= 15 is 0 Å². The van der Waals surface area contributed by atoms with Gasteiger partial charge >= 0.3 is 6.18 Å². The molecule has 3 aromatic carbocycles. The number of alkyl halides is 3. The van der Waals surface area contributed by atoms with Crippen LogP contribution >= 0.6 is 0 Å². The van der Waals surface area contributed by atoms with E-state index in [1.807, 2.05) is 12.1 Å². The molecule has 0 N–H and O–H groups in total. The number of nitrogens with zero attached hydrogens (tertiary/aromatic N) is 1. The summed E-state index contributed by atoms with van der Waals surface area (Å²) in [4.78, 5) is -0.141. The molecule has 0 amide bonds. The Morgan fingerprint density at radius 2 is 1.46 bits per heavy atom. The van der Waals surface area contributed by atoms with Gasteiger partial charge in [-0.2, -0.15) is 17.5 Å². The molecule has 0 saturated carbocycles. The van der Waals surface area contributed by atoms with E-state index in [0.29, 0.717) is 9.69 Å². The summed E-state index contributed by atoms with van der Waals surface area (Å²) in [6.45, 7) is -0.615. The summed E-state index contributed by atoms with van der Waals surface area (Å²) in [5, 5.41) is 1.48. The van der Waals surface area contributed by atoms with Crippen molar-refractivity contribution in [2.75, 3.05) is 6.54 Å². The maximum absolute atomic E-state index is 13.8. The van der Waals surface area contributed by atoms with Crippen molar-refractivity contribution in [2.24, 2.45) is 0 Å². The second kappa shape index (κ2) is 5.56. The molecular weight excluding hydrogens is 363 g/mol. The van der Waals surface area contributed by atoms with E-state index in [2.05, 4.69) is 0 Å². The zero-order chi connectivity index (χ0) is 18.6. The van der Waals surface area contributed by atoms with Gasteiger partial charge in [-0.1, -0.05) is 60.7 Å². The molecule has 0 spiro atoms. The third-order valence-electron chi connectivity index (χ3n) is 4.72. The summed E-state index contributed by atoms with van der Waals surface area (Å²) in [6.07, 6.45) is -4.71. The first-order valence-corrected chi connectivity index (χ1v) is 9.35. The van der Waals surface area contributed by atoms with Crippen LogP contribution in [0.2, 0.25) is 0 Å². The Balaban J connectivity index is 1.81. The molecule has 2 unspecified atom stereocenters. The van der Waals surface area contributed by atoms with Gasteiger partial charge in [0.05, 0.1) is 4.90 Å². The molecule has 4 rings (SSSR count). The first kappa shape index (κ1) is 17.1. The standard InChI is InChI=1S/C19H14F3NO2S/c20-19(21,22)18(16-8-2-1-3-9-16)13-23(18)26(24,25)17-11-10-14-6-4-5-7-15(14)12-17/h1-12H,13H2. The monoisotopic (exact) mass is 377 g/mol. The third kappa shape index (κ3) is 2.42. The van der Waals surface area contributed by atoms with Gasteiger partial charge in [-0.25, -0.2) is 8.42 Å². The van der Waals surface area contributed by atoms with Gasteiger partial charge < -0.3 is 0 Å². The Hall–Kier alpha value is -2.38. The lowest BCUT2D eigenvalue weighted by atomic mass is 9.99. The molecule has 0 radical (unpaired) electrons. The summed E-state index contributed by atoms with van der Waals surface area (Å²) in [6, 6.07) is 18.6. The van der Waals surface area contributed by atoms with Gasteiger partial charge in [0.2, 0.25) is 10.0 Å². The van der Waals surface area contributed by atoms with Crippen LogP contribution in [-0.2, 0) is 15.6 Å². The molecule has 1 heterocycles. The van der Waals surface area contributed by atoms with E-state index in [9.17, 15) is 21.6 Å². The van der Waals surface area contributed by atoms with Gasteiger partial charge in [-0.3, -0.25) is 0 Å². The molecule has 7 heteroatoms. The quantitative estimate of drug-likeness (QED) is 0.638. The van der Waals surface area contributed by atoms with E-state index in [1.54, 1.807) is 24.3 Å². The Bertz CT molecular complexity index is 1080. The number of hydrogen-bond acceptors (Lipinski definition) is 2. The van der Waals surface area contributed by atoms with E-state index < -0.39 is 28.3 Å². The van der Waals surface area contributed by atoms with Gasteiger partial charge in [-0.15, -0.1) is 0 Å². The highest BCUT2D eigenvalue weighted by Gasteiger charge is 2.74. The van der Waals surface area contributed by atoms with Crippen molar-refractivity contribution in [1.29, 1.82) is 0 Å². The summed E-state index contributed by atoms with van der Waals surface area (Å²) < 4.78 is 67.8. The minimum atomic E-state index is -4.71. The molecule has 1 aliphatic heterocycles. The Morgan fingerprint density at radius 3 is 2.12 bits per heavy atom. The topological polar surface area (TPSA) is 37.1 Å². The zero-order valence-corrected chi connectivity index (χ0v) is 14.3. The van der Waals surface area contributed by atoms with Crippen LogP contribution in [0.15, 0.2) is 77.7 Å². The highest BCUT2D eigenvalue weighted by molar-refractivity contribution is 7.89. The largest absolute Gasteiger partial charge is 0.413 e. The van der Waals surface area contributed by atoms with Gasteiger partial charge in [0.25, 0.3) is 0 Å². The summed E-state index contributed by atoms with van der Waals surface area (Å²) in [5.41, 5.74) is -2.57. The molecule has 2 atom stereocenters. The molecule has 3 nitrogen and oxygen atoms in total. The zero-order valence-electron chi connectivity index (χ0n) is 13.4. The van der Waals surface area contributed by atoms with Crippen LogP contribution in [0.5, 0.6) is 0 Å². The molecule has 1 saturated heterocycles. The molecule has 1 fully saturated rings. The van der Waals surface area contributed by atoms with E-state index in [0.717, 1.165) is 5.39 Å². The van der Waals surface area contributed by atoms with Crippen LogP contribution in [0, 0.1) is 0 Å². The van der Waals surface area contributed by atoms with Crippen LogP contribution in [0.1, 0.15) is 5.56 Å². The SMILES string of the molecule is O=S(=O)(c1ccc2ccccc2c1)N1CC1(c1ccccc1)C(F)(F)F. The smallest absolute Gasteiger partial charge is 0.207 e. The van der Waals surface area contributed by atoms with Crippen LogP contribution in [0.3, 0.4) is 0 Å². The fourth-order valence-corrected chi connectivity index (χ4v) is 5.01. The molecule has 1 aliphatic rings. The van der Waals surface area contributed by atoms with Gasteiger partial charge in [0.1, 0.15) is 0 Å². The Kier molecular flexibility index (Phi) is 3.65. The molecular formula is C19H14F3NO2S. The summed E-state index contributed by atoms with van der Waals surface area (Å²) in [5.74, 6) is 0. The highest BCUT2D eigenvalue weighted by atomic mass is 32.2. The number of sulfonamides is 1. The van der Waals surface area contributed by atoms with Gasteiger partial charge in [0.15, 0.2) is 5.54 Å². The minimum Gasteiger partial charge on any atom is -0.207 e. The van der Waals surface area contributed by atoms with Crippen LogP contribution in [-0.4, -0.2) is 25.4 Å². The fourth-order valence-electron chi connectivity index (χ4n) is 3.26. The van der Waals surface area contributed by atoms with Crippen molar-refractivity contribution < 1.29 is 21.6 Å². The van der Waals surface area contributed by atoms with Crippen molar-refractivity contribution in [3.63, 3.8) is 0 Å². The second-order valence-electron chi connectivity index (χ2n) is 6.24. The second-order valence-corrected chi connectivity index (χ2v) is 8.11. The first-order valence-electron chi connectivity index (χ1n) is 7.91. The van der Waals surface area contributed by atoms with Gasteiger partial charge in [0, 0.05) is 6.54 Å². The third-order valence-corrected chi connectivity index (χ3v) is 6.59. The summed E-state index contributed by atoms with van der Waals surface area (Å²) in [7, 11) is -4.28. The van der Waals surface area contributed by atoms with Gasteiger partial charge in [-0.05, 0) is 28.5 Å². The molecule has 0 bridgehead atoms. The van der Waals surface area contributed by atoms with Crippen molar-refractivity contribution in [3.05, 3.63) is 78.4 Å². The Morgan fingerprint density at radius 1 is 0.846 bits per heavy atom. The lowest BCUT2D eigenvalue weighted by Gasteiger charge is -2.21. The molecule has 134 valence electrons. The van der Waals surface area contributed by atoms with Crippen molar-refractivity contribution >= 4 is 20.8 Å². The van der Waals surface area contributed by atoms with Crippen LogP contribution < -0.4 is 0 Å². The lowest BCUT2D eigenvalue weighted by molar-refractivity contribution is -0.168. The Labute approximate surface area is 148 Å². The normalized spacial score (nSPS) is 23.1. The number of fused-ring (bicyclic) bond motifs is 1. The minimum absolute atomic E-state index is 0.0723. The van der Waals surface area contributed by atoms with Crippen molar-refractivity contribution in [1.82, 2.24) is 4.31 Å². The summed E-state index contributed by atoms with van der Waals surface area (Å²) >= 11 is 0. The number of benzene rings is 3. The van der Waals surface area contributed by atoms with Crippen LogP contribution in [0.4, 0.5) is 13.2 Å². The first-order chi connectivity index (χ1) is 12.3. The average molecular weight is 377 g/mol. The predicted molar refractivity (Wildman–Crippen MR) is 92.0 cm³/mol. The maximum Gasteiger partial charge on any atom is 0.413 e. The molecule has 3 aromatic rings. The molecule has 26 heavy (non-hydrogen) atoms. The van der Waals surface area contributed by atoms with E-state index in [1.165, 1.54) is 36.4 Å². The van der Waals surface area contributed by atoms with E-state index in [-0.39, 0.29) is 10.5 Å².